The lowest BCUT2D eigenvalue weighted by Gasteiger charge is -2.11. The number of fused-ring (bicyclic) bond motifs is 1. The van der Waals surface area contributed by atoms with Gasteiger partial charge in [-0.05, 0) is 17.5 Å². The first-order valence-corrected chi connectivity index (χ1v) is 7.84. The summed E-state index contributed by atoms with van der Waals surface area (Å²) in [6, 6.07) is 4.44. The third-order valence-electron chi connectivity index (χ3n) is 2.57. The molecule has 0 aliphatic heterocycles. The highest BCUT2D eigenvalue weighted by Gasteiger charge is 2.30. The van der Waals surface area contributed by atoms with Crippen molar-refractivity contribution >= 4 is 31.0 Å². The Balaban J connectivity index is 3.17. The van der Waals surface area contributed by atoms with Crippen LogP contribution in [-0.4, -0.2) is 36.2 Å². The van der Waals surface area contributed by atoms with Gasteiger partial charge >= 0.3 is 0 Å². The van der Waals surface area contributed by atoms with Gasteiger partial charge in [-0.3, -0.25) is 9.11 Å². The average Bonchev–Trinajstić information content (AvgIpc) is 2.25. The highest BCUT2D eigenvalue weighted by molar-refractivity contribution is 7.89. The SMILES string of the molecule is O=S(=O)(O)c1cc2cccc(O)c2c(O)c1S(=O)(=O)O. The van der Waals surface area contributed by atoms with Crippen molar-refractivity contribution in [3.63, 3.8) is 0 Å². The fourth-order valence-electron chi connectivity index (χ4n) is 1.81. The summed E-state index contributed by atoms with van der Waals surface area (Å²) in [5.41, 5.74) is 0. The summed E-state index contributed by atoms with van der Waals surface area (Å²) < 4.78 is 62.8. The lowest BCUT2D eigenvalue weighted by Crippen LogP contribution is -2.09. The van der Waals surface area contributed by atoms with Crippen molar-refractivity contribution < 1.29 is 36.2 Å². The van der Waals surface area contributed by atoms with E-state index in [2.05, 4.69) is 0 Å². The molecule has 0 unspecified atom stereocenters. The molecule has 0 saturated heterocycles. The van der Waals surface area contributed by atoms with E-state index in [4.69, 9.17) is 9.11 Å². The molecule has 0 aromatic heterocycles. The topological polar surface area (TPSA) is 149 Å². The van der Waals surface area contributed by atoms with Crippen LogP contribution in [0.5, 0.6) is 11.5 Å². The molecule has 0 radical (unpaired) electrons. The van der Waals surface area contributed by atoms with E-state index < -0.39 is 41.5 Å². The number of hydrogen-bond acceptors (Lipinski definition) is 6. The molecule has 0 bridgehead atoms. The van der Waals surface area contributed by atoms with Crippen molar-refractivity contribution in [1.82, 2.24) is 0 Å². The second-order valence-corrected chi connectivity index (χ2v) is 6.63. The average molecular weight is 320 g/mol. The van der Waals surface area contributed by atoms with Crippen LogP contribution in [0, 0.1) is 0 Å². The lowest BCUT2D eigenvalue weighted by molar-refractivity contribution is 0.431. The van der Waals surface area contributed by atoms with Crippen LogP contribution in [-0.2, 0) is 20.2 Å². The van der Waals surface area contributed by atoms with Crippen molar-refractivity contribution in [2.45, 2.75) is 9.79 Å². The Labute approximate surface area is 113 Å². The molecule has 20 heavy (non-hydrogen) atoms. The van der Waals surface area contributed by atoms with Gasteiger partial charge in [-0.1, -0.05) is 12.1 Å². The standard InChI is InChI=1S/C10H8O8S2/c11-6-3-1-2-5-4-7(19(13,14)15)10(20(16,17)18)9(12)8(5)6/h1-4,11-12H,(H,13,14,15)(H,16,17,18). The fourth-order valence-corrected chi connectivity index (χ4v) is 3.71. The molecule has 0 aliphatic rings. The zero-order chi connectivity index (χ0) is 15.3. The molecule has 2 aromatic carbocycles. The zero-order valence-electron chi connectivity index (χ0n) is 9.55. The van der Waals surface area contributed by atoms with Crippen LogP contribution in [0.1, 0.15) is 0 Å². The number of phenolic OH excluding ortho intramolecular Hbond substituents is 2. The maximum atomic E-state index is 11.2. The maximum absolute atomic E-state index is 11.2. The van der Waals surface area contributed by atoms with Gasteiger partial charge in [0.2, 0.25) is 0 Å². The van der Waals surface area contributed by atoms with E-state index in [1.54, 1.807) is 0 Å². The Bertz CT molecular complexity index is 912. The molecule has 0 atom stereocenters. The highest BCUT2D eigenvalue weighted by atomic mass is 32.2. The Morgan fingerprint density at radius 2 is 1.50 bits per heavy atom. The van der Waals surface area contributed by atoms with E-state index in [-0.39, 0.29) is 10.8 Å². The summed E-state index contributed by atoms with van der Waals surface area (Å²) in [7, 11) is -10.2. The third kappa shape index (κ3) is 2.29. The largest absolute Gasteiger partial charge is 0.507 e. The minimum Gasteiger partial charge on any atom is -0.507 e. The molecule has 2 rings (SSSR count). The fraction of sp³-hybridized carbons (Fsp3) is 0. The molecule has 108 valence electrons. The van der Waals surface area contributed by atoms with E-state index >= 15 is 0 Å². The smallest absolute Gasteiger partial charge is 0.299 e. The summed E-state index contributed by atoms with van der Waals surface area (Å²) in [6.45, 7) is 0. The van der Waals surface area contributed by atoms with Crippen LogP contribution in [0.4, 0.5) is 0 Å². The molecule has 10 heteroatoms. The maximum Gasteiger partial charge on any atom is 0.299 e. The van der Waals surface area contributed by atoms with Crippen molar-refractivity contribution in [3.8, 4) is 11.5 Å². The zero-order valence-corrected chi connectivity index (χ0v) is 11.2. The minimum atomic E-state index is -5.16. The highest BCUT2D eigenvalue weighted by Crippen LogP contribution is 2.41. The molecular formula is C10H8O8S2. The number of benzene rings is 2. The number of phenols is 2. The molecule has 0 aliphatic carbocycles. The van der Waals surface area contributed by atoms with E-state index in [0.717, 1.165) is 6.07 Å². The molecule has 2 aromatic rings. The van der Waals surface area contributed by atoms with Gasteiger partial charge in [0.25, 0.3) is 20.2 Å². The van der Waals surface area contributed by atoms with E-state index in [0.29, 0.717) is 6.07 Å². The van der Waals surface area contributed by atoms with Gasteiger partial charge in [-0.25, -0.2) is 0 Å². The molecule has 0 spiro atoms. The van der Waals surface area contributed by atoms with Crippen LogP contribution >= 0.6 is 0 Å². The van der Waals surface area contributed by atoms with Crippen LogP contribution in [0.25, 0.3) is 10.8 Å². The Morgan fingerprint density at radius 1 is 0.900 bits per heavy atom. The first-order chi connectivity index (χ1) is 9.03. The predicted molar refractivity (Wildman–Crippen MR) is 66.9 cm³/mol. The summed E-state index contributed by atoms with van der Waals surface area (Å²) in [6.07, 6.45) is 0. The first kappa shape index (κ1) is 14.5. The molecule has 8 nitrogen and oxygen atoms in total. The quantitative estimate of drug-likeness (QED) is 0.592. The summed E-state index contributed by atoms with van der Waals surface area (Å²) in [4.78, 5) is -2.58. The second kappa shape index (κ2) is 4.31. The first-order valence-electron chi connectivity index (χ1n) is 4.96. The van der Waals surface area contributed by atoms with Gasteiger partial charge in [0, 0.05) is 0 Å². The summed E-state index contributed by atoms with van der Waals surface area (Å²) >= 11 is 0. The molecule has 0 heterocycles. The Morgan fingerprint density at radius 3 is 2.00 bits per heavy atom. The van der Waals surface area contributed by atoms with Gasteiger partial charge in [0.15, 0.2) is 4.90 Å². The van der Waals surface area contributed by atoms with Crippen molar-refractivity contribution in [2.75, 3.05) is 0 Å². The van der Waals surface area contributed by atoms with Crippen LogP contribution in [0.15, 0.2) is 34.1 Å². The van der Waals surface area contributed by atoms with Gasteiger partial charge in [0.1, 0.15) is 16.4 Å². The second-order valence-electron chi connectivity index (χ2n) is 3.88. The number of rotatable bonds is 2. The predicted octanol–water partition coefficient (Wildman–Crippen LogP) is 0.744. The molecule has 0 saturated carbocycles. The van der Waals surface area contributed by atoms with Crippen LogP contribution in [0.3, 0.4) is 0 Å². The van der Waals surface area contributed by atoms with Crippen molar-refractivity contribution in [3.05, 3.63) is 24.3 Å². The Hall–Kier alpha value is -1.88. The third-order valence-corrected chi connectivity index (χ3v) is 4.51. The van der Waals surface area contributed by atoms with Gasteiger partial charge in [0.05, 0.1) is 5.39 Å². The van der Waals surface area contributed by atoms with E-state index in [1.165, 1.54) is 12.1 Å². The van der Waals surface area contributed by atoms with Gasteiger partial charge in [-0.15, -0.1) is 0 Å². The van der Waals surface area contributed by atoms with Crippen molar-refractivity contribution in [1.29, 1.82) is 0 Å². The molecule has 0 amide bonds. The number of hydrogen-bond donors (Lipinski definition) is 4. The normalized spacial score (nSPS) is 12.7. The van der Waals surface area contributed by atoms with Gasteiger partial charge in [-0.2, -0.15) is 16.8 Å². The van der Waals surface area contributed by atoms with E-state index in [1.807, 2.05) is 0 Å². The summed E-state index contributed by atoms with van der Waals surface area (Å²) in [5, 5.41) is 19.0. The van der Waals surface area contributed by atoms with E-state index in [9.17, 15) is 27.0 Å². The summed E-state index contributed by atoms with van der Waals surface area (Å²) in [5.74, 6) is -1.69. The minimum absolute atomic E-state index is 0.0393. The Kier molecular flexibility index (Phi) is 3.13. The van der Waals surface area contributed by atoms with Crippen LogP contribution in [0.2, 0.25) is 0 Å². The lowest BCUT2D eigenvalue weighted by atomic mass is 10.1. The van der Waals surface area contributed by atoms with Gasteiger partial charge < -0.3 is 10.2 Å². The molecule has 0 fully saturated rings. The molecular weight excluding hydrogens is 312 g/mol. The monoisotopic (exact) mass is 320 g/mol. The molecule has 4 N–H and O–H groups in total. The van der Waals surface area contributed by atoms with Crippen molar-refractivity contribution in [2.24, 2.45) is 0 Å². The number of aromatic hydroxyl groups is 2. The van der Waals surface area contributed by atoms with Crippen LogP contribution < -0.4 is 0 Å².